The molecule has 0 aromatic rings. The van der Waals surface area contributed by atoms with Crippen molar-refractivity contribution < 1.29 is 9.59 Å². The first-order valence-corrected chi connectivity index (χ1v) is 7.67. The van der Waals surface area contributed by atoms with Crippen molar-refractivity contribution in [3.05, 3.63) is 0 Å². The topological polar surface area (TPSA) is 49.4 Å². The minimum absolute atomic E-state index is 0.0208. The van der Waals surface area contributed by atoms with Crippen LogP contribution in [0.4, 0.5) is 0 Å². The van der Waals surface area contributed by atoms with Crippen LogP contribution in [0.2, 0.25) is 0 Å². The molecule has 2 fully saturated rings. The standard InChI is InChI=1S/C15H26N2O2/c1-4-12(5-2)10-17-11(3)13(18)16-15(14(17)19)8-6-7-9-15/h11-12H,4-10H2,1-3H3,(H,16,18). The van der Waals surface area contributed by atoms with Crippen LogP contribution in [-0.4, -0.2) is 34.8 Å². The second-order valence-electron chi connectivity index (χ2n) is 6.09. The van der Waals surface area contributed by atoms with Crippen LogP contribution in [0.15, 0.2) is 0 Å². The summed E-state index contributed by atoms with van der Waals surface area (Å²) in [4.78, 5) is 26.8. The first-order chi connectivity index (χ1) is 9.04. The second kappa shape index (κ2) is 5.51. The van der Waals surface area contributed by atoms with Crippen molar-refractivity contribution in [3.63, 3.8) is 0 Å². The Kier molecular flexibility index (Phi) is 4.16. The summed E-state index contributed by atoms with van der Waals surface area (Å²) in [5.41, 5.74) is -0.574. The summed E-state index contributed by atoms with van der Waals surface area (Å²) in [6, 6.07) is -0.320. The highest BCUT2D eigenvalue weighted by Crippen LogP contribution is 2.35. The maximum Gasteiger partial charge on any atom is 0.249 e. The molecule has 2 amide bonds. The molecule has 4 heteroatoms. The maximum absolute atomic E-state index is 12.8. The van der Waals surface area contributed by atoms with Crippen LogP contribution in [0.5, 0.6) is 0 Å². The van der Waals surface area contributed by atoms with Crippen molar-refractivity contribution in [2.45, 2.75) is 70.9 Å². The molecule has 2 rings (SSSR count). The highest BCUT2D eigenvalue weighted by molar-refractivity contribution is 5.99. The fourth-order valence-electron chi connectivity index (χ4n) is 3.37. The van der Waals surface area contributed by atoms with Gasteiger partial charge in [0.25, 0.3) is 0 Å². The highest BCUT2D eigenvalue weighted by atomic mass is 16.2. The summed E-state index contributed by atoms with van der Waals surface area (Å²) in [7, 11) is 0. The van der Waals surface area contributed by atoms with Gasteiger partial charge >= 0.3 is 0 Å². The summed E-state index contributed by atoms with van der Waals surface area (Å²) in [6.07, 6.45) is 5.81. The lowest BCUT2D eigenvalue weighted by atomic mass is 9.89. The van der Waals surface area contributed by atoms with Crippen LogP contribution in [-0.2, 0) is 9.59 Å². The molecule has 1 unspecified atom stereocenters. The van der Waals surface area contributed by atoms with Gasteiger partial charge in [-0.3, -0.25) is 9.59 Å². The summed E-state index contributed by atoms with van der Waals surface area (Å²) in [6.45, 7) is 6.87. The van der Waals surface area contributed by atoms with Gasteiger partial charge < -0.3 is 10.2 Å². The van der Waals surface area contributed by atoms with E-state index in [2.05, 4.69) is 19.2 Å². The first kappa shape index (κ1) is 14.4. The molecule has 19 heavy (non-hydrogen) atoms. The average Bonchev–Trinajstić information content (AvgIpc) is 2.87. The predicted molar refractivity (Wildman–Crippen MR) is 74.6 cm³/mol. The highest BCUT2D eigenvalue weighted by Gasteiger charge is 2.50. The van der Waals surface area contributed by atoms with E-state index < -0.39 is 5.54 Å². The van der Waals surface area contributed by atoms with Gasteiger partial charge in [0.1, 0.15) is 11.6 Å². The largest absolute Gasteiger partial charge is 0.340 e. The van der Waals surface area contributed by atoms with Crippen LogP contribution < -0.4 is 5.32 Å². The summed E-state index contributed by atoms with van der Waals surface area (Å²) in [5.74, 6) is 0.673. The van der Waals surface area contributed by atoms with Gasteiger partial charge in [0.05, 0.1) is 0 Å². The maximum atomic E-state index is 12.8. The van der Waals surface area contributed by atoms with E-state index >= 15 is 0 Å². The van der Waals surface area contributed by atoms with Crippen molar-refractivity contribution in [3.8, 4) is 0 Å². The zero-order valence-electron chi connectivity index (χ0n) is 12.4. The van der Waals surface area contributed by atoms with Gasteiger partial charge in [-0.1, -0.05) is 39.5 Å². The summed E-state index contributed by atoms with van der Waals surface area (Å²) in [5, 5.41) is 3.00. The number of amides is 2. The number of carbonyl (C=O) groups is 2. The molecule has 0 aromatic heterocycles. The molecule has 0 bridgehead atoms. The smallest absolute Gasteiger partial charge is 0.249 e. The molecule has 1 saturated carbocycles. The molecule has 2 aliphatic rings. The van der Waals surface area contributed by atoms with Crippen molar-refractivity contribution in [2.75, 3.05) is 6.54 Å². The van der Waals surface area contributed by atoms with Crippen molar-refractivity contribution in [1.29, 1.82) is 0 Å². The van der Waals surface area contributed by atoms with Crippen LogP contribution in [0.1, 0.15) is 59.3 Å². The monoisotopic (exact) mass is 266 g/mol. The van der Waals surface area contributed by atoms with Gasteiger partial charge in [0.15, 0.2) is 0 Å². The average molecular weight is 266 g/mol. The molecule has 0 aromatic carbocycles. The molecule has 108 valence electrons. The van der Waals surface area contributed by atoms with Gasteiger partial charge in [-0.05, 0) is 25.7 Å². The predicted octanol–water partition coefficient (Wildman–Crippen LogP) is 2.08. The molecule has 4 nitrogen and oxygen atoms in total. The van der Waals surface area contributed by atoms with E-state index in [0.717, 1.165) is 45.1 Å². The number of piperazine rings is 1. The second-order valence-corrected chi connectivity index (χ2v) is 6.09. The zero-order chi connectivity index (χ0) is 14.0. The first-order valence-electron chi connectivity index (χ1n) is 7.67. The Morgan fingerprint density at radius 3 is 2.37 bits per heavy atom. The molecule has 1 aliphatic carbocycles. The van der Waals surface area contributed by atoms with E-state index in [4.69, 9.17) is 0 Å². The van der Waals surface area contributed by atoms with Gasteiger partial charge in [-0.25, -0.2) is 0 Å². The molecule has 1 heterocycles. The van der Waals surface area contributed by atoms with E-state index in [0.29, 0.717) is 5.92 Å². The lowest BCUT2D eigenvalue weighted by Crippen LogP contribution is -2.69. The third kappa shape index (κ3) is 2.49. The van der Waals surface area contributed by atoms with Gasteiger partial charge in [0.2, 0.25) is 11.8 Å². The Hall–Kier alpha value is -1.06. The molecule has 0 radical (unpaired) electrons. The fraction of sp³-hybridized carbons (Fsp3) is 0.867. The van der Waals surface area contributed by atoms with Crippen LogP contribution in [0.3, 0.4) is 0 Å². The Balaban J connectivity index is 2.19. The molecule has 1 spiro atoms. The molecular weight excluding hydrogens is 240 g/mol. The third-order valence-electron chi connectivity index (χ3n) is 4.95. The van der Waals surface area contributed by atoms with Crippen LogP contribution >= 0.6 is 0 Å². The SMILES string of the molecule is CCC(CC)CN1C(=O)C2(CCCC2)NC(=O)C1C. The normalized spacial score (nSPS) is 26.3. The van der Waals surface area contributed by atoms with Crippen molar-refractivity contribution in [1.82, 2.24) is 10.2 Å². The molecule has 1 atom stereocenters. The van der Waals surface area contributed by atoms with Crippen LogP contribution in [0.25, 0.3) is 0 Å². The Labute approximate surface area is 115 Å². The van der Waals surface area contributed by atoms with Crippen molar-refractivity contribution >= 4 is 11.8 Å². The number of rotatable bonds is 4. The summed E-state index contributed by atoms with van der Waals surface area (Å²) < 4.78 is 0. The third-order valence-corrected chi connectivity index (χ3v) is 4.95. The van der Waals surface area contributed by atoms with Gasteiger partial charge in [0, 0.05) is 6.54 Å². The number of hydrogen-bond acceptors (Lipinski definition) is 2. The Morgan fingerprint density at radius 1 is 1.26 bits per heavy atom. The van der Waals surface area contributed by atoms with E-state index in [9.17, 15) is 9.59 Å². The van der Waals surface area contributed by atoms with E-state index in [-0.39, 0.29) is 17.9 Å². The van der Waals surface area contributed by atoms with Gasteiger partial charge in [-0.15, -0.1) is 0 Å². The van der Waals surface area contributed by atoms with E-state index in [1.54, 1.807) is 0 Å². The van der Waals surface area contributed by atoms with Crippen LogP contribution in [0, 0.1) is 5.92 Å². The molecule has 1 saturated heterocycles. The minimum Gasteiger partial charge on any atom is -0.340 e. The minimum atomic E-state index is -0.574. The van der Waals surface area contributed by atoms with Gasteiger partial charge in [-0.2, -0.15) is 0 Å². The summed E-state index contributed by atoms with van der Waals surface area (Å²) >= 11 is 0. The number of carbonyl (C=O) groups excluding carboxylic acids is 2. The Bertz CT molecular complexity index is 357. The lowest BCUT2D eigenvalue weighted by Gasteiger charge is -2.44. The van der Waals surface area contributed by atoms with E-state index in [1.165, 1.54) is 0 Å². The van der Waals surface area contributed by atoms with E-state index in [1.807, 2.05) is 11.8 Å². The molecular formula is C15H26N2O2. The fourth-order valence-corrected chi connectivity index (χ4v) is 3.37. The molecule has 1 aliphatic heterocycles. The number of nitrogens with zero attached hydrogens (tertiary/aromatic N) is 1. The zero-order valence-corrected chi connectivity index (χ0v) is 12.4. The quantitative estimate of drug-likeness (QED) is 0.847. The number of nitrogens with one attached hydrogen (secondary N) is 1. The van der Waals surface area contributed by atoms with Crippen molar-refractivity contribution in [2.24, 2.45) is 5.92 Å². The Morgan fingerprint density at radius 2 is 1.84 bits per heavy atom. The lowest BCUT2D eigenvalue weighted by molar-refractivity contribution is -0.154. The molecule has 1 N–H and O–H groups in total. The number of hydrogen-bond donors (Lipinski definition) is 1.